The van der Waals surface area contributed by atoms with Gasteiger partial charge in [-0.25, -0.2) is 0 Å². The summed E-state index contributed by atoms with van der Waals surface area (Å²) in [7, 11) is 3.99. The van der Waals surface area contributed by atoms with Gasteiger partial charge in [0.15, 0.2) is 0 Å². The summed E-state index contributed by atoms with van der Waals surface area (Å²) >= 11 is 1.77. The van der Waals surface area contributed by atoms with Gasteiger partial charge in [-0.05, 0) is 42.7 Å². The highest BCUT2D eigenvalue weighted by Gasteiger charge is 2.02. The van der Waals surface area contributed by atoms with Crippen molar-refractivity contribution >= 4 is 29.0 Å². The molecule has 0 aliphatic rings. The van der Waals surface area contributed by atoms with Crippen molar-refractivity contribution in [2.24, 2.45) is 0 Å². The molecule has 0 aliphatic carbocycles. The fourth-order valence-corrected chi connectivity index (χ4v) is 1.88. The summed E-state index contributed by atoms with van der Waals surface area (Å²) in [5.41, 5.74) is 2.00. The summed E-state index contributed by atoms with van der Waals surface area (Å²) in [6, 6.07) is 7.86. The van der Waals surface area contributed by atoms with E-state index in [9.17, 15) is 4.79 Å². The van der Waals surface area contributed by atoms with Crippen molar-refractivity contribution in [2.75, 3.05) is 36.3 Å². The Balaban J connectivity index is 2.43. The Bertz CT molecular complexity index is 349. The van der Waals surface area contributed by atoms with Gasteiger partial charge in [-0.1, -0.05) is 0 Å². The third-order valence-corrected chi connectivity index (χ3v) is 3.12. The first-order valence-electron chi connectivity index (χ1n) is 5.69. The van der Waals surface area contributed by atoms with E-state index in [1.165, 1.54) is 0 Å². The SMILES string of the molecule is CSCCCC(=O)Nc1ccc(N(C)C)cc1. The second-order valence-corrected chi connectivity index (χ2v) is 5.07. The quantitative estimate of drug-likeness (QED) is 0.790. The Morgan fingerprint density at radius 3 is 2.47 bits per heavy atom. The van der Waals surface area contributed by atoms with Crippen molar-refractivity contribution in [3.63, 3.8) is 0 Å². The molecule has 0 heterocycles. The van der Waals surface area contributed by atoms with Crippen molar-refractivity contribution < 1.29 is 4.79 Å². The maximum absolute atomic E-state index is 11.6. The third-order valence-electron chi connectivity index (χ3n) is 2.42. The van der Waals surface area contributed by atoms with Gasteiger partial charge in [-0.15, -0.1) is 0 Å². The molecular weight excluding hydrogens is 232 g/mol. The summed E-state index contributed by atoms with van der Waals surface area (Å²) in [4.78, 5) is 13.6. The van der Waals surface area contributed by atoms with Crippen LogP contribution in [0, 0.1) is 0 Å². The van der Waals surface area contributed by atoms with Gasteiger partial charge in [0.1, 0.15) is 0 Å². The first-order valence-corrected chi connectivity index (χ1v) is 7.09. The predicted octanol–water partition coefficient (Wildman–Crippen LogP) is 2.83. The van der Waals surface area contributed by atoms with Gasteiger partial charge in [0, 0.05) is 31.9 Å². The number of nitrogens with zero attached hydrogens (tertiary/aromatic N) is 1. The van der Waals surface area contributed by atoms with Crippen LogP contribution >= 0.6 is 11.8 Å². The molecule has 3 nitrogen and oxygen atoms in total. The largest absolute Gasteiger partial charge is 0.378 e. The van der Waals surface area contributed by atoms with Crippen LogP contribution in [0.25, 0.3) is 0 Å². The topological polar surface area (TPSA) is 32.3 Å². The van der Waals surface area contributed by atoms with Gasteiger partial charge in [-0.2, -0.15) is 11.8 Å². The van der Waals surface area contributed by atoms with Crippen LogP contribution in [0.15, 0.2) is 24.3 Å². The Hall–Kier alpha value is -1.16. The van der Waals surface area contributed by atoms with Gasteiger partial charge in [0.25, 0.3) is 0 Å². The van der Waals surface area contributed by atoms with Crippen molar-refractivity contribution in [3.8, 4) is 0 Å². The van der Waals surface area contributed by atoms with Crippen LogP contribution in [0.3, 0.4) is 0 Å². The summed E-state index contributed by atoms with van der Waals surface area (Å²) < 4.78 is 0. The Morgan fingerprint density at radius 1 is 1.29 bits per heavy atom. The van der Waals surface area contributed by atoms with Crippen LogP contribution in [0.1, 0.15) is 12.8 Å². The smallest absolute Gasteiger partial charge is 0.224 e. The van der Waals surface area contributed by atoms with E-state index < -0.39 is 0 Å². The summed E-state index contributed by atoms with van der Waals surface area (Å²) in [5, 5.41) is 2.90. The maximum atomic E-state index is 11.6. The number of nitrogens with one attached hydrogen (secondary N) is 1. The molecule has 1 aromatic carbocycles. The third kappa shape index (κ3) is 5.13. The van der Waals surface area contributed by atoms with Crippen LogP contribution in [-0.4, -0.2) is 32.0 Å². The average molecular weight is 252 g/mol. The lowest BCUT2D eigenvalue weighted by Gasteiger charge is -2.13. The Kier molecular flexibility index (Phi) is 5.91. The molecule has 0 saturated heterocycles. The minimum atomic E-state index is 0.0941. The molecule has 1 rings (SSSR count). The second-order valence-electron chi connectivity index (χ2n) is 4.09. The molecule has 0 bridgehead atoms. The summed E-state index contributed by atoms with van der Waals surface area (Å²) in [6.45, 7) is 0. The van der Waals surface area contributed by atoms with E-state index in [4.69, 9.17) is 0 Å². The van der Waals surface area contributed by atoms with E-state index in [-0.39, 0.29) is 5.91 Å². The lowest BCUT2D eigenvalue weighted by molar-refractivity contribution is -0.116. The number of rotatable bonds is 6. The monoisotopic (exact) mass is 252 g/mol. The lowest BCUT2D eigenvalue weighted by Crippen LogP contribution is -2.12. The molecular formula is C13H20N2OS. The van der Waals surface area contributed by atoms with Crippen molar-refractivity contribution in [3.05, 3.63) is 24.3 Å². The molecule has 1 aromatic rings. The maximum Gasteiger partial charge on any atom is 0.224 e. The summed E-state index contributed by atoms with van der Waals surface area (Å²) in [5.74, 6) is 1.13. The van der Waals surface area contributed by atoms with Crippen LogP contribution in [-0.2, 0) is 4.79 Å². The highest BCUT2D eigenvalue weighted by Crippen LogP contribution is 2.15. The number of carbonyl (C=O) groups excluding carboxylic acids is 1. The second kappa shape index (κ2) is 7.22. The van der Waals surface area contributed by atoms with E-state index in [2.05, 4.69) is 11.6 Å². The molecule has 0 spiro atoms. The molecule has 17 heavy (non-hydrogen) atoms. The van der Waals surface area contributed by atoms with Gasteiger partial charge in [0.2, 0.25) is 5.91 Å². The van der Waals surface area contributed by atoms with Gasteiger partial charge < -0.3 is 10.2 Å². The summed E-state index contributed by atoms with van der Waals surface area (Å²) in [6.07, 6.45) is 3.58. The zero-order valence-electron chi connectivity index (χ0n) is 10.7. The number of carbonyl (C=O) groups is 1. The van der Waals surface area contributed by atoms with Gasteiger partial charge in [-0.3, -0.25) is 4.79 Å². The van der Waals surface area contributed by atoms with Crippen LogP contribution < -0.4 is 10.2 Å². The molecule has 0 unspecified atom stereocenters. The van der Waals surface area contributed by atoms with Gasteiger partial charge in [0.05, 0.1) is 0 Å². The highest BCUT2D eigenvalue weighted by molar-refractivity contribution is 7.98. The van der Waals surface area contributed by atoms with E-state index in [0.29, 0.717) is 6.42 Å². The first-order chi connectivity index (χ1) is 8.13. The van der Waals surface area contributed by atoms with Crippen molar-refractivity contribution in [1.82, 2.24) is 0 Å². The van der Waals surface area contributed by atoms with Crippen LogP contribution in [0.2, 0.25) is 0 Å². The van der Waals surface area contributed by atoms with Crippen molar-refractivity contribution in [2.45, 2.75) is 12.8 Å². The fourth-order valence-electron chi connectivity index (χ4n) is 1.44. The Morgan fingerprint density at radius 2 is 1.94 bits per heavy atom. The zero-order chi connectivity index (χ0) is 12.7. The minimum absolute atomic E-state index is 0.0941. The normalized spacial score (nSPS) is 10.1. The zero-order valence-corrected chi connectivity index (χ0v) is 11.5. The number of hydrogen-bond donors (Lipinski definition) is 1. The molecule has 0 atom stereocenters. The minimum Gasteiger partial charge on any atom is -0.378 e. The molecule has 0 fully saturated rings. The molecule has 0 aliphatic heterocycles. The molecule has 4 heteroatoms. The van der Waals surface area contributed by atoms with E-state index >= 15 is 0 Å². The van der Waals surface area contributed by atoms with Crippen molar-refractivity contribution in [1.29, 1.82) is 0 Å². The number of benzene rings is 1. The van der Waals surface area contributed by atoms with E-state index in [1.807, 2.05) is 43.3 Å². The number of anilines is 2. The van der Waals surface area contributed by atoms with Crippen LogP contribution in [0.5, 0.6) is 0 Å². The predicted molar refractivity (Wildman–Crippen MR) is 77.0 cm³/mol. The highest BCUT2D eigenvalue weighted by atomic mass is 32.2. The average Bonchev–Trinajstić information content (AvgIpc) is 2.30. The Labute approximate surface area is 108 Å². The number of hydrogen-bond acceptors (Lipinski definition) is 3. The lowest BCUT2D eigenvalue weighted by atomic mass is 10.2. The first kappa shape index (κ1) is 13.9. The molecule has 0 aromatic heterocycles. The molecule has 1 N–H and O–H groups in total. The van der Waals surface area contributed by atoms with E-state index in [1.54, 1.807) is 11.8 Å². The number of amides is 1. The molecule has 1 amide bonds. The van der Waals surface area contributed by atoms with E-state index in [0.717, 1.165) is 23.5 Å². The van der Waals surface area contributed by atoms with Gasteiger partial charge >= 0.3 is 0 Å². The molecule has 94 valence electrons. The fraction of sp³-hybridized carbons (Fsp3) is 0.462. The van der Waals surface area contributed by atoms with Crippen LogP contribution in [0.4, 0.5) is 11.4 Å². The standard InChI is InChI=1S/C13H20N2OS/c1-15(2)12-8-6-11(7-9-12)14-13(16)5-4-10-17-3/h6-9H,4-5,10H2,1-3H3,(H,14,16). The molecule has 0 radical (unpaired) electrons. The molecule has 0 saturated carbocycles. The number of thioether (sulfide) groups is 1.